The van der Waals surface area contributed by atoms with E-state index in [0.717, 1.165) is 28.0 Å². The van der Waals surface area contributed by atoms with E-state index in [9.17, 15) is 4.79 Å². The third-order valence-corrected chi connectivity index (χ3v) is 5.31. The van der Waals surface area contributed by atoms with Crippen LogP contribution in [-0.4, -0.2) is 28.1 Å². The summed E-state index contributed by atoms with van der Waals surface area (Å²) in [5.41, 5.74) is 2.25. The molecular weight excluding hydrogens is 312 g/mol. The number of hydrogen-bond donors (Lipinski definition) is 0. The van der Waals surface area contributed by atoms with Gasteiger partial charge in [0.1, 0.15) is 6.54 Å². The second kappa shape index (κ2) is 6.94. The number of nitrogens with zero attached hydrogens (tertiary/aromatic N) is 2. The van der Waals surface area contributed by atoms with Crippen LogP contribution in [0.1, 0.15) is 15.2 Å². The van der Waals surface area contributed by atoms with Crippen LogP contribution in [0.2, 0.25) is 0 Å². The molecule has 22 heavy (non-hydrogen) atoms. The van der Waals surface area contributed by atoms with E-state index in [1.807, 2.05) is 35.7 Å². The number of carbonyl (C=O) groups excluding carboxylic acids is 1. The molecule has 0 bridgehead atoms. The molecule has 1 fully saturated rings. The first-order chi connectivity index (χ1) is 10.7. The molecule has 1 saturated heterocycles. The first kappa shape index (κ1) is 15.1. The number of hydrogen-bond acceptors (Lipinski definition) is 4. The fourth-order valence-electron chi connectivity index (χ4n) is 2.17. The topological polar surface area (TPSA) is 32.7 Å². The predicted octanol–water partition coefficient (Wildman–Crippen LogP) is 4.05. The first-order valence-corrected chi connectivity index (χ1v) is 8.84. The molecule has 112 valence electrons. The second-order valence-corrected chi connectivity index (χ2v) is 6.82. The van der Waals surface area contributed by atoms with Crippen LogP contribution in [0.15, 0.2) is 65.1 Å². The molecule has 2 aromatic rings. The SMILES string of the molecule is C=C1CSC(=NCC(=O)c2cccs2)N1Cc1ccccc1. The Morgan fingerprint density at radius 1 is 1.23 bits per heavy atom. The van der Waals surface area contributed by atoms with Crippen LogP contribution in [0, 0.1) is 0 Å². The molecule has 3 nitrogen and oxygen atoms in total. The third kappa shape index (κ3) is 3.48. The molecule has 0 aliphatic carbocycles. The Labute approximate surface area is 138 Å². The van der Waals surface area contributed by atoms with Crippen molar-refractivity contribution in [2.75, 3.05) is 12.3 Å². The van der Waals surface area contributed by atoms with Crippen LogP contribution >= 0.6 is 23.1 Å². The summed E-state index contributed by atoms with van der Waals surface area (Å²) in [7, 11) is 0. The average Bonchev–Trinajstić information content (AvgIpc) is 3.18. The lowest BCUT2D eigenvalue weighted by Gasteiger charge is -2.19. The molecule has 0 atom stereocenters. The van der Waals surface area contributed by atoms with Crippen molar-refractivity contribution in [3.63, 3.8) is 0 Å². The van der Waals surface area contributed by atoms with Gasteiger partial charge < -0.3 is 4.90 Å². The summed E-state index contributed by atoms with van der Waals surface area (Å²) < 4.78 is 0. The highest BCUT2D eigenvalue weighted by Gasteiger charge is 2.23. The van der Waals surface area contributed by atoms with Gasteiger partial charge in [0.05, 0.1) is 4.88 Å². The van der Waals surface area contributed by atoms with Crippen molar-refractivity contribution >= 4 is 34.0 Å². The number of carbonyl (C=O) groups is 1. The minimum absolute atomic E-state index is 0.0697. The summed E-state index contributed by atoms with van der Waals surface area (Å²) in [5, 5.41) is 2.80. The van der Waals surface area contributed by atoms with Crippen LogP contribution in [0.25, 0.3) is 0 Å². The molecule has 2 heterocycles. The van der Waals surface area contributed by atoms with Gasteiger partial charge in [-0.05, 0) is 17.0 Å². The lowest BCUT2D eigenvalue weighted by atomic mass is 10.2. The van der Waals surface area contributed by atoms with Gasteiger partial charge in [-0.25, -0.2) is 0 Å². The van der Waals surface area contributed by atoms with E-state index in [1.54, 1.807) is 11.8 Å². The molecule has 0 unspecified atom stereocenters. The van der Waals surface area contributed by atoms with Gasteiger partial charge in [0, 0.05) is 18.0 Å². The highest BCUT2D eigenvalue weighted by molar-refractivity contribution is 8.14. The van der Waals surface area contributed by atoms with Gasteiger partial charge in [-0.2, -0.15) is 0 Å². The summed E-state index contributed by atoms with van der Waals surface area (Å²) >= 11 is 3.11. The monoisotopic (exact) mass is 328 g/mol. The smallest absolute Gasteiger partial charge is 0.194 e. The Balaban J connectivity index is 1.70. The van der Waals surface area contributed by atoms with Crippen molar-refractivity contribution in [3.05, 3.63) is 70.6 Å². The molecule has 0 spiro atoms. The molecule has 0 amide bonds. The van der Waals surface area contributed by atoms with E-state index in [0.29, 0.717) is 0 Å². The summed E-state index contributed by atoms with van der Waals surface area (Å²) in [6.45, 7) is 5.04. The summed E-state index contributed by atoms with van der Waals surface area (Å²) in [6, 6.07) is 14.0. The zero-order chi connectivity index (χ0) is 15.4. The van der Waals surface area contributed by atoms with Gasteiger partial charge in [-0.15, -0.1) is 11.3 Å². The molecule has 1 aromatic heterocycles. The number of rotatable bonds is 5. The zero-order valence-corrected chi connectivity index (χ0v) is 13.7. The van der Waals surface area contributed by atoms with Crippen LogP contribution in [-0.2, 0) is 6.54 Å². The Morgan fingerprint density at radius 2 is 2.05 bits per heavy atom. The number of ketones is 1. The van der Waals surface area contributed by atoms with E-state index >= 15 is 0 Å². The maximum atomic E-state index is 12.1. The molecule has 0 saturated carbocycles. The van der Waals surface area contributed by atoms with E-state index in [-0.39, 0.29) is 12.3 Å². The van der Waals surface area contributed by atoms with Crippen LogP contribution in [0.4, 0.5) is 0 Å². The van der Waals surface area contributed by atoms with Gasteiger partial charge in [0.25, 0.3) is 0 Å². The van der Waals surface area contributed by atoms with Crippen molar-refractivity contribution in [3.8, 4) is 0 Å². The second-order valence-electron chi connectivity index (χ2n) is 4.93. The van der Waals surface area contributed by atoms with Crippen molar-refractivity contribution < 1.29 is 4.79 Å². The lowest BCUT2D eigenvalue weighted by molar-refractivity contribution is 0.101. The normalized spacial score (nSPS) is 16.5. The molecule has 0 radical (unpaired) electrons. The zero-order valence-electron chi connectivity index (χ0n) is 12.1. The van der Waals surface area contributed by atoms with Crippen LogP contribution < -0.4 is 0 Å². The highest BCUT2D eigenvalue weighted by Crippen LogP contribution is 2.28. The Morgan fingerprint density at radius 3 is 2.77 bits per heavy atom. The fourth-order valence-corrected chi connectivity index (χ4v) is 3.78. The molecule has 1 aliphatic rings. The van der Waals surface area contributed by atoms with Crippen LogP contribution in [0.5, 0.6) is 0 Å². The van der Waals surface area contributed by atoms with Crippen molar-refractivity contribution in [1.82, 2.24) is 4.90 Å². The van der Waals surface area contributed by atoms with E-state index in [4.69, 9.17) is 0 Å². The summed E-state index contributed by atoms with van der Waals surface area (Å²) in [4.78, 5) is 19.4. The standard InChI is InChI=1S/C17H16N2OS2/c1-13-12-22-17(18-10-15(20)16-8-5-9-21-16)19(13)11-14-6-3-2-4-7-14/h2-9H,1,10-12H2. The Kier molecular flexibility index (Phi) is 4.75. The minimum Gasteiger partial charge on any atom is -0.320 e. The summed E-state index contributed by atoms with van der Waals surface area (Å²) in [6.07, 6.45) is 0. The van der Waals surface area contributed by atoms with Crippen molar-refractivity contribution in [2.45, 2.75) is 6.54 Å². The summed E-state index contributed by atoms with van der Waals surface area (Å²) in [5.74, 6) is 0.902. The number of amidine groups is 1. The molecule has 3 rings (SSSR count). The number of thioether (sulfide) groups is 1. The average molecular weight is 328 g/mol. The molecular formula is C17H16N2OS2. The Bertz CT molecular complexity index is 693. The molecule has 0 N–H and O–H groups in total. The maximum Gasteiger partial charge on any atom is 0.194 e. The van der Waals surface area contributed by atoms with Crippen molar-refractivity contribution in [1.29, 1.82) is 0 Å². The lowest BCUT2D eigenvalue weighted by Crippen LogP contribution is -2.22. The number of thiophene rings is 1. The van der Waals surface area contributed by atoms with Gasteiger partial charge in [-0.3, -0.25) is 9.79 Å². The largest absolute Gasteiger partial charge is 0.320 e. The quantitative estimate of drug-likeness (QED) is 0.776. The molecule has 5 heteroatoms. The Hall–Kier alpha value is -1.85. The number of benzene rings is 1. The fraction of sp³-hybridized carbons (Fsp3) is 0.176. The van der Waals surface area contributed by atoms with Gasteiger partial charge >= 0.3 is 0 Å². The molecule has 1 aromatic carbocycles. The number of aliphatic imine (C=N–C) groups is 1. The van der Waals surface area contributed by atoms with E-state index < -0.39 is 0 Å². The number of Topliss-reactive ketones (excluding diaryl/α,β-unsaturated/α-hetero) is 1. The molecule has 1 aliphatic heterocycles. The van der Waals surface area contributed by atoms with Gasteiger partial charge in [0.2, 0.25) is 0 Å². The van der Waals surface area contributed by atoms with Gasteiger partial charge in [0.15, 0.2) is 11.0 Å². The first-order valence-electron chi connectivity index (χ1n) is 6.97. The maximum absolute atomic E-state index is 12.1. The van der Waals surface area contributed by atoms with Gasteiger partial charge in [-0.1, -0.05) is 54.7 Å². The predicted molar refractivity (Wildman–Crippen MR) is 94.5 cm³/mol. The van der Waals surface area contributed by atoms with Crippen LogP contribution in [0.3, 0.4) is 0 Å². The minimum atomic E-state index is 0.0697. The highest BCUT2D eigenvalue weighted by atomic mass is 32.2. The third-order valence-electron chi connectivity index (χ3n) is 3.32. The van der Waals surface area contributed by atoms with E-state index in [2.05, 4.69) is 28.6 Å². The van der Waals surface area contributed by atoms with E-state index in [1.165, 1.54) is 16.9 Å². The van der Waals surface area contributed by atoms with Crippen molar-refractivity contribution in [2.24, 2.45) is 4.99 Å².